The summed E-state index contributed by atoms with van der Waals surface area (Å²) >= 11 is 0. The quantitative estimate of drug-likeness (QED) is 0.792. The lowest BCUT2D eigenvalue weighted by molar-refractivity contribution is 0.0503. The molecule has 1 N–H and O–H groups in total. The number of anilines is 1. The van der Waals surface area contributed by atoms with Gasteiger partial charge in [0.25, 0.3) is 5.56 Å². The third kappa shape index (κ3) is 4.88. The number of rotatable bonds is 4. The average Bonchev–Trinajstić information content (AvgIpc) is 3.08. The molecule has 29 heavy (non-hydrogen) atoms. The average molecular weight is 401 g/mol. The fourth-order valence-corrected chi connectivity index (χ4v) is 3.34. The van der Waals surface area contributed by atoms with Gasteiger partial charge in [-0.2, -0.15) is 0 Å². The van der Waals surface area contributed by atoms with Gasteiger partial charge in [-0.1, -0.05) is 0 Å². The second-order valence-electron chi connectivity index (χ2n) is 8.03. The van der Waals surface area contributed by atoms with Crippen LogP contribution in [-0.2, 0) is 9.47 Å². The normalized spacial score (nSPS) is 16.7. The number of alkyl carbamates (subject to hydrolysis) is 1. The summed E-state index contributed by atoms with van der Waals surface area (Å²) in [7, 11) is 0. The molecular formula is C21H27N3O5. The number of amides is 1. The first-order valence-corrected chi connectivity index (χ1v) is 9.75. The van der Waals surface area contributed by atoms with Crippen molar-refractivity contribution in [1.29, 1.82) is 0 Å². The van der Waals surface area contributed by atoms with Gasteiger partial charge < -0.3 is 19.7 Å². The SMILES string of the molecule is CCOC(=O)c1ccc2cc(N3CCC(NC(=O)OC(C)(C)C)C3)ccn2c1=O. The summed E-state index contributed by atoms with van der Waals surface area (Å²) in [6, 6.07) is 6.94. The number of ether oxygens (including phenoxy) is 2. The van der Waals surface area contributed by atoms with E-state index in [1.54, 1.807) is 19.2 Å². The fraction of sp³-hybridized carbons (Fsp3) is 0.476. The van der Waals surface area contributed by atoms with Gasteiger partial charge in [0.2, 0.25) is 0 Å². The van der Waals surface area contributed by atoms with Crippen LogP contribution in [0.5, 0.6) is 0 Å². The van der Waals surface area contributed by atoms with Crippen molar-refractivity contribution in [2.24, 2.45) is 0 Å². The monoisotopic (exact) mass is 401 g/mol. The fourth-order valence-electron chi connectivity index (χ4n) is 3.34. The first-order chi connectivity index (χ1) is 13.7. The second kappa shape index (κ2) is 8.14. The van der Waals surface area contributed by atoms with Gasteiger partial charge in [-0.05, 0) is 58.4 Å². The molecule has 1 aliphatic rings. The van der Waals surface area contributed by atoms with Crippen molar-refractivity contribution in [3.05, 3.63) is 46.4 Å². The van der Waals surface area contributed by atoms with Crippen molar-refractivity contribution in [2.45, 2.75) is 45.8 Å². The Balaban J connectivity index is 1.73. The van der Waals surface area contributed by atoms with E-state index in [0.717, 1.165) is 18.7 Å². The van der Waals surface area contributed by atoms with E-state index in [2.05, 4.69) is 10.2 Å². The van der Waals surface area contributed by atoms with Gasteiger partial charge in [0, 0.05) is 25.0 Å². The lowest BCUT2D eigenvalue weighted by Crippen LogP contribution is -2.40. The van der Waals surface area contributed by atoms with Gasteiger partial charge in [-0.15, -0.1) is 0 Å². The predicted molar refractivity (Wildman–Crippen MR) is 110 cm³/mol. The number of carbonyl (C=O) groups excluding carboxylic acids is 2. The maximum absolute atomic E-state index is 12.6. The Morgan fingerprint density at radius 1 is 1.24 bits per heavy atom. The van der Waals surface area contributed by atoms with Crippen molar-refractivity contribution in [3.8, 4) is 0 Å². The number of nitrogens with one attached hydrogen (secondary N) is 1. The Kier molecular flexibility index (Phi) is 5.81. The Hall–Kier alpha value is -3.03. The molecule has 156 valence electrons. The molecule has 3 rings (SSSR count). The van der Waals surface area contributed by atoms with E-state index in [1.165, 1.54) is 10.5 Å². The number of fused-ring (bicyclic) bond motifs is 1. The largest absolute Gasteiger partial charge is 0.462 e. The number of esters is 1. The summed E-state index contributed by atoms with van der Waals surface area (Å²) in [4.78, 5) is 38.6. The van der Waals surface area contributed by atoms with Crippen molar-refractivity contribution < 1.29 is 19.1 Å². The zero-order valence-electron chi connectivity index (χ0n) is 17.2. The molecule has 0 aromatic carbocycles. The van der Waals surface area contributed by atoms with Crippen molar-refractivity contribution in [2.75, 3.05) is 24.6 Å². The highest BCUT2D eigenvalue weighted by molar-refractivity contribution is 5.89. The minimum absolute atomic E-state index is 0.00513. The summed E-state index contributed by atoms with van der Waals surface area (Å²) in [6.07, 6.45) is 2.05. The highest BCUT2D eigenvalue weighted by Crippen LogP contribution is 2.22. The molecule has 8 heteroatoms. The number of hydrogen-bond donors (Lipinski definition) is 1. The summed E-state index contributed by atoms with van der Waals surface area (Å²) in [5.74, 6) is -0.619. The number of nitrogens with zero attached hydrogens (tertiary/aromatic N) is 2. The van der Waals surface area contributed by atoms with Gasteiger partial charge in [-0.25, -0.2) is 9.59 Å². The van der Waals surface area contributed by atoms with Crippen LogP contribution < -0.4 is 15.8 Å². The van der Waals surface area contributed by atoms with E-state index in [1.807, 2.05) is 32.9 Å². The number of pyridine rings is 2. The Morgan fingerprint density at radius 2 is 2.00 bits per heavy atom. The van der Waals surface area contributed by atoms with Crippen LogP contribution in [0.15, 0.2) is 35.3 Å². The van der Waals surface area contributed by atoms with Crippen LogP contribution >= 0.6 is 0 Å². The van der Waals surface area contributed by atoms with E-state index in [9.17, 15) is 14.4 Å². The van der Waals surface area contributed by atoms with Crippen molar-refractivity contribution >= 4 is 23.3 Å². The van der Waals surface area contributed by atoms with Gasteiger partial charge >= 0.3 is 12.1 Å². The van der Waals surface area contributed by atoms with E-state index in [4.69, 9.17) is 9.47 Å². The highest BCUT2D eigenvalue weighted by atomic mass is 16.6. The maximum Gasteiger partial charge on any atom is 0.407 e. The molecular weight excluding hydrogens is 374 g/mol. The van der Waals surface area contributed by atoms with Crippen LogP contribution in [0, 0.1) is 0 Å². The number of carbonyl (C=O) groups is 2. The topological polar surface area (TPSA) is 89.3 Å². The predicted octanol–water partition coefficient (Wildman–Crippen LogP) is 2.58. The van der Waals surface area contributed by atoms with Crippen LogP contribution in [0.4, 0.5) is 10.5 Å². The van der Waals surface area contributed by atoms with Crippen LogP contribution in [0.1, 0.15) is 44.5 Å². The Labute approximate surface area is 169 Å². The van der Waals surface area contributed by atoms with Crippen LogP contribution in [-0.4, -0.2) is 47.8 Å². The standard InChI is InChI=1S/C21H27N3O5/c1-5-28-19(26)17-7-6-16-12-15(9-11-24(16)18(17)25)23-10-8-14(13-23)22-20(27)29-21(2,3)4/h6-7,9,11-12,14H,5,8,10,13H2,1-4H3,(H,22,27). The second-order valence-corrected chi connectivity index (χ2v) is 8.03. The smallest absolute Gasteiger partial charge is 0.407 e. The van der Waals surface area contributed by atoms with E-state index < -0.39 is 23.2 Å². The molecule has 0 aliphatic carbocycles. The summed E-state index contributed by atoms with van der Waals surface area (Å²) < 4.78 is 11.7. The molecule has 1 fully saturated rings. The molecule has 8 nitrogen and oxygen atoms in total. The molecule has 1 unspecified atom stereocenters. The van der Waals surface area contributed by atoms with Crippen LogP contribution in [0.3, 0.4) is 0 Å². The summed E-state index contributed by atoms with van der Waals surface area (Å²) in [6.45, 7) is 8.84. The Bertz CT molecular complexity index is 976. The minimum atomic E-state index is -0.619. The van der Waals surface area contributed by atoms with E-state index in [0.29, 0.717) is 12.1 Å². The highest BCUT2D eigenvalue weighted by Gasteiger charge is 2.26. The molecule has 2 aromatic heterocycles. The molecule has 1 amide bonds. The zero-order chi connectivity index (χ0) is 21.2. The lowest BCUT2D eigenvalue weighted by Gasteiger charge is -2.22. The molecule has 1 atom stereocenters. The molecule has 0 saturated carbocycles. The Morgan fingerprint density at radius 3 is 2.69 bits per heavy atom. The first-order valence-electron chi connectivity index (χ1n) is 9.75. The first kappa shape index (κ1) is 20.7. The third-order valence-corrected chi connectivity index (χ3v) is 4.61. The third-order valence-electron chi connectivity index (χ3n) is 4.61. The lowest BCUT2D eigenvalue weighted by atomic mass is 10.2. The summed E-state index contributed by atoms with van der Waals surface area (Å²) in [5.41, 5.74) is 0.709. The zero-order valence-corrected chi connectivity index (χ0v) is 17.2. The summed E-state index contributed by atoms with van der Waals surface area (Å²) in [5, 5.41) is 2.90. The molecule has 2 aromatic rings. The molecule has 0 bridgehead atoms. The molecule has 0 spiro atoms. The molecule has 3 heterocycles. The van der Waals surface area contributed by atoms with Crippen LogP contribution in [0.25, 0.3) is 5.52 Å². The molecule has 1 aliphatic heterocycles. The van der Waals surface area contributed by atoms with Gasteiger partial charge in [0.15, 0.2) is 0 Å². The maximum atomic E-state index is 12.6. The molecule has 1 saturated heterocycles. The van der Waals surface area contributed by atoms with Crippen molar-refractivity contribution in [1.82, 2.24) is 9.72 Å². The van der Waals surface area contributed by atoms with Gasteiger partial charge in [-0.3, -0.25) is 9.20 Å². The van der Waals surface area contributed by atoms with Gasteiger partial charge in [0.1, 0.15) is 11.2 Å². The number of aromatic nitrogens is 1. The minimum Gasteiger partial charge on any atom is -0.462 e. The van der Waals surface area contributed by atoms with Crippen molar-refractivity contribution in [3.63, 3.8) is 0 Å². The van der Waals surface area contributed by atoms with Crippen LogP contribution in [0.2, 0.25) is 0 Å². The van der Waals surface area contributed by atoms with E-state index in [-0.39, 0.29) is 18.2 Å². The number of hydrogen-bond acceptors (Lipinski definition) is 6. The van der Waals surface area contributed by atoms with Gasteiger partial charge in [0.05, 0.1) is 18.2 Å². The molecule has 0 radical (unpaired) electrons. The van der Waals surface area contributed by atoms with E-state index >= 15 is 0 Å².